The van der Waals surface area contributed by atoms with E-state index in [1.807, 2.05) is 20.8 Å². The zero-order chi connectivity index (χ0) is 20.0. The Balaban J connectivity index is 2.06. The van der Waals surface area contributed by atoms with Crippen LogP contribution in [0.5, 0.6) is 17.2 Å². The average Bonchev–Trinajstić information content (AvgIpc) is 3.07. The molecule has 2 aromatic rings. The van der Waals surface area contributed by atoms with Crippen LogP contribution in [0.4, 0.5) is 0 Å². The molecule has 0 radical (unpaired) electrons. The lowest BCUT2D eigenvalue weighted by molar-refractivity contribution is -0.122. The molecule has 1 N–H and O–H groups in total. The van der Waals surface area contributed by atoms with E-state index in [1.54, 1.807) is 33.5 Å². The lowest BCUT2D eigenvalue weighted by Gasteiger charge is -2.20. The summed E-state index contributed by atoms with van der Waals surface area (Å²) in [6.07, 6.45) is 1.55. The van der Waals surface area contributed by atoms with E-state index in [4.69, 9.17) is 18.7 Å². The van der Waals surface area contributed by atoms with Gasteiger partial charge in [0, 0.05) is 23.9 Å². The Kier molecular flexibility index (Phi) is 6.65. The number of nitrogens with zero attached hydrogens (tertiary/aromatic N) is 2. The second-order valence-electron chi connectivity index (χ2n) is 7.08. The number of amides is 1. The van der Waals surface area contributed by atoms with Gasteiger partial charge < -0.3 is 24.1 Å². The van der Waals surface area contributed by atoms with Crippen LogP contribution in [0.2, 0.25) is 0 Å². The molecule has 0 unspecified atom stereocenters. The van der Waals surface area contributed by atoms with Crippen molar-refractivity contribution in [2.75, 3.05) is 21.3 Å². The van der Waals surface area contributed by atoms with Crippen LogP contribution in [0.25, 0.3) is 11.4 Å². The molecule has 8 nitrogen and oxygen atoms in total. The highest BCUT2D eigenvalue weighted by Crippen LogP contribution is 2.40. The maximum atomic E-state index is 11.9. The van der Waals surface area contributed by atoms with Crippen molar-refractivity contribution >= 4 is 5.91 Å². The van der Waals surface area contributed by atoms with Crippen molar-refractivity contribution in [2.45, 2.75) is 45.6 Å². The molecule has 1 aromatic heterocycles. The van der Waals surface area contributed by atoms with E-state index in [1.165, 1.54) is 0 Å². The summed E-state index contributed by atoms with van der Waals surface area (Å²) in [7, 11) is 4.64. The van der Waals surface area contributed by atoms with Crippen LogP contribution in [0.3, 0.4) is 0 Å². The van der Waals surface area contributed by atoms with Gasteiger partial charge in [0.25, 0.3) is 0 Å². The van der Waals surface area contributed by atoms with Crippen molar-refractivity contribution in [1.82, 2.24) is 15.5 Å². The van der Waals surface area contributed by atoms with Crippen LogP contribution >= 0.6 is 0 Å². The molecule has 0 aliphatic heterocycles. The Bertz CT molecular complexity index is 755. The minimum Gasteiger partial charge on any atom is -0.493 e. The summed E-state index contributed by atoms with van der Waals surface area (Å²) >= 11 is 0. The van der Waals surface area contributed by atoms with E-state index < -0.39 is 0 Å². The molecule has 27 heavy (non-hydrogen) atoms. The van der Waals surface area contributed by atoms with Gasteiger partial charge in [-0.25, -0.2) is 0 Å². The Morgan fingerprint density at radius 2 is 1.74 bits per heavy atom. The van der Waals surface area contributed by atoms with Gasteiger partial charge in [0.1, 0.15) is 0 Å². The molecule has 148 valence electrons. The molecule has 1 heterocycles. The number of hydrogen-bond donors (Lipinski definition) is 1. The lowest BCUT2D eigenvalue weighted by Crippen LogP contribution is -2.40. The van der Waals surface area contributed by atoms with Crippen LogP contribution in [-0.2, 0) is 11.2 Å². The first-order valence-corrected chi connectivity index (χ1v) is 8.71. The number of benzene rings is 1. The number of carbonyl (C=O) groups is 1. The van der Waals surface area contributed by atoms with Crippen LogP contribution in [0, 0.1) is 0 Å². The van der Waals surface area contributed by atoms with Crippen molar-refractivity contribution in [3.8, 4) is 28.6 Å². The maximum absolute atomic E-state index is 11.9. The van der Waals surface area contributed by atoms with Crippen molar-refractivity contribution in [2.24, 2.45) is 0 Å². The SMILES string of the molecule is COc1cc(-c2noc(CCCC(=O)NC(C)(C)C)n2)cc(OC)c1OC. The van der Waals surface area contributed by atoms with E-state index in [2.05, 4.69) is 15.5 Å². The molecule has 0 spiro atoms. The Morgan fingerprint density at radius 1 is 1.11 bits per heavy atom. The van der Waals surface area contributed by atoms with Crippen LogP contribution in [0.15, 0.2) is 16.7 Å². The van der Waals surface area contributed by atoms with Gasteiger partial charge in [-0.15, -0.1) is 0 Å². The summed E-state index contributed by atoms with van der Waals surface area (Å²) < 4.78 is 21.3. The predicted molar refractivity (Wildman–Crippen MR) is 100 cm³/mol. The molecule has 0 bridgehead atoms. The molecule has 0 aliphatic carbocycles. The molecule has 0 saturated heterocycles. The average molecular weight is 377 g/mol. The van der Waals surface area contributed by atoms with Crippen molar-refractivity contribution in [1.29, 1.82) is 0 Å². The van der Waals surface area contributed by atoms with E-state index in [-0.39, 0.29) is 11.4 Å². The second kappa shape index (κ2) is 8.75. The minimum atomic E-state index is -0.235. The summed E-state index contributed by atoms with van der Waals surface area (Å²) in [5.74, 6) is 2.42. The van der Waals surface area contributed by atoms with Crippen molar-refractivity contribution in [3.63, 3.8) is 0 Å². The third-order valence-corrected chi connectivity index (χ3v) is 3.70. The lowest BCUT2D eigenvalue weighted by atomic mass is 10.1. The van der Waals surface area contributed by atoms with Crippen molar-refractivity contribution in [3.05, 3.63) is 18.0 Å². The van der Waals surface area contributed by atoms with Gasteiger partial charge >= 0.3 is 0 Å². The highest BCUT2D eigenvalue weighted by molar-refractivity contribution is 5.76. The number of aromatic nitrogens is 2. The van der Waals surface area contributed by atoms with E-state index in [0.717, 1.165) is 0 Å². The normalized spacial score (nSPS) is 11.2. The topological polar surface area (TPSA) is 95.7 Å². The first-order chi connectivity index (χ1) is 12.8. The monoisotopic (exact) mass is 377 g/mol. The molecular formula is C19H27N3O5. The molecule has 0 atom stereocenters. The number of hydrogen-bond acceptors (Lipinski definition) is 7. The highest BCUT2D eigenvalue weighted by atomic mass is 16.5. The fourth-order valence-corrected chi connectivity index (χ4v) is 2.56. The zero-order valence-electron chi connectivity index (χ0n) is 16.7. The van der Waals surface area contributed by atoms with Crippen LogP contribution in [-0.4, -0.2) is 42.9 Å². The number of carbonyl (C=O) groups excluding carboxylic acids is 1. The Morgan fingerprint density at radius 3 is 2.26 bits per heavy atom. The van der Waals surface area contributed by atoms with Gasteiger partial charge in [0.2, 0.25) is 23.4 Å². The van der Waals surface area contributed by atoms with Gasteiger partial charge in [-0.1, -0.05) is 5.16 Å². The molecular weight excluding hydrogens is 350 g/mol. The van der Waals surface area contributed by atoms with Gasteiger partial charge in [-0.05, 0) is 39.3 Å². The van der Waals surface area contributed by atoms with Gasteiger partial charge in [0.15, 0.2) is 11.5 Å². The Hall–Kier alpha value is -2.77. The fraction of sp³-hybridized carbons (Fsp3) is 0.526. The molecule has 1 amide bonds. The number of ether oxygens (including phenoxy) is 3. The fourth-order valence-electron chi connectivity index (χ4n) is 2.56. The van der Waals surface area contributed by atoms with Crippen LogP contribution in [0.1, 0.15) is 39.5 Å². The maximum Gasteiger partial charge on any atom is 0.226 e. The molecule has 8 heteroatoms. The van der Waals surface area contributed by atoms with Gasteiger partial charge in [0.05, 0.1) is 21.3 Å². The van der Waals surface area contributed by atoms with E-state index in [9.17, 15) is 4.79 Å². The molecule has 0 aliphatic rings. The van der Waals surface area contributed by atoms with Gasteiger partial charge in [-0.3, -0.25) is 4.79 Å². The van der Waals surface area contributed by atoms with Crippen LogP contribution < -0.4 is 19.5 Å². The van der Waals surface area contributed by atoms with E-state index >= 15 is 0 Å². The predicted octanol–water partition coefficient (Wildman–Crippen LogP) is 3.00. The molecule has 1 aromatic carbocycles. The summed E-state index contributed by atoms with van der Waals surface area (Å²) in [5, 5.41) is 6.94. The third kappa shape index (κ3) is 5.60. The minimum absolute atomic E-state index is 0.00636. The smallest absolute Gasteiger partial charge is 0.226 e. The number of aryl methyl sites for hydroxylation is 1. The number of rotatable bonds is 8. The summed E-state index contributed by atoms with van der Waals surface area (Å²) in [4.78, 5) is 16.3. The largest absolute Gasteiger partial charge is 0.493 e. The highest BCUT2D eigenvalue weighted by Gasteiger charge is 2.18. The Labute approximate surface area is 159 Å². The summed E-state index contributed by atoms with van der Waals surface area (Å²) in [5.41, 5.74) is 0.450. The molecule has 2 rings (SSSR count). The first-order valence-electron chi connectivity index (χ1n) is 8.71. The standard InChI is InChI=1S/C19H27N3O5/c1-19(2,3)21-15(23)8-7-9-16-20-18(22-27-16)12-10-13(24-4)17(26-6)14(11-12)25-5/h10-11H,7-9H2,1-6H3,(H,21,23). The van der Waals surface area contributed by atoms with Gasteiger partial charge in [-0.2, -0.15) is 4.98 Å². The molecule has 0 fully saturated rings. The zero-order valence-corrected chi connectivity index (χ0v) is 16.7. The van der Waals surface area contributed by atoms with E-state index in [0.29, 0.717) is 53.8 Å². The first kappa shape index (κ1) is 20.5. The second-order valence-corrected chi connectivity index (χ2v) is 7.08. The summed E-state index contributed by atoms with van der Waals surface area (Å²) in [6.45, 7) is 5.85. The third-order valence-electron chi connectivity index (χ3n) is 3.70. The van der Waals surface area contributed by atoms with Crippen molar-refractivity contribution < 1.29 is 23.5 Å². The number of nitrogens with one attached hydrogen (secondary N) is 1. The number of methoxy groups -OCH3 is 3. The summed E-state index contributed by atoms with van der Waals surface area (Å²) in [6, 6.07) is 3.51. The quantitative estimate of drug-likeness (QED) is 0.755. The molecule has 0 saturated carbocycles.